The molecule has 0 amide bonds. The molecule has 3 saturated carbocycles. The standard InChI is InChI=1S/C20H30OS/c1-19-10-7-15(21)12-14(19)5-6-16-17(19)8-11-20(13-22-2)9-3-4-18(16)20/h12,16-18H,3-11,13H2,1-2H3/t16-,17+,18+,19+,20+/m1/s1. The van der Waals surface area contributed by atoms with Gasteiger partial charge in [-0.05, 0) is 91.6 Å². The molecule has 0 spiro atoms. The van der Waals surface area contributed by atoms with E-state index in [1.807, 2.05) is 6.08 Å². The Morgan fingerprint density at radius 2 is 2.00 bits per heavy atom. The summed E-state index contributed by atoms with van der Waals surface area (Å²) in [6.45, 7) is 2.50. The summed E-state index contributed by atoms with van der Waals surface area (Å²) < 4.78 is 0. The second-order valence-corrected chi connectivity index (χ2v) is 9.56. The van der Waals surface area contributed by atoms with Crippen molar-refractivity contribution >= 4 is 17.5 Å². The highest BCUT2D eigenvalue weighted by atomic mass is 32.2. The topological polar surface area (TPSA) is 17.1 Å². The maximum absolute atomic E-state index is 11.9. The Labute approximate surface area is 139 Å². The molecule has 2 heteroatoms. The van der Waals surface area contributed by atoms with Crippen LogP contribution in [0.25, 0.3) is 0 Å². The van der Waals surface area contributed by atoms with E-state index in [0.717, 1.165) is 30.6 Å². The third-order valence-corrected chi connectivity index (χ3v) is 8.78. The summed E-state index contributed by atoms with van der Waals surface area (Å²) in [5, 5.41) is 0. The first-order valence-corrected chi connectivity index (χ1v) is 10.7. The van der Waals surface area contributed by atoms with Gasteiger partial charge in [-0.2, -0.15) is 11.8 Å². The zero-order valence-electron chi connectivity index (χ0n) is 14.2. The van der Waals surface area contributed by atoms with Crippen LogP contribution in [0.3, 0.4) is 0 Å². The lowest BCUT2D eigenvalue weighted by Gasteiger charge is -2.58. The quantitative estimate of drug-likeness (QED) is 0.691. The number of hydrogen-bond donors (Lipinski definition) is 0. The maximum atomic E-state index is 11.9. The lowest BCUT2D eigenvalue weighted by molar-refractivity contribution is -0.117. The summed E-state index contributed by atoms with van der Waals surface area (Å²) >= 11 is 2.08. The van der Waals surface area contributed by atoms with Crippen molar-refractivity contribution in [3.8, 4) is 0 Å². The molecular weight excluding hydrogens is 288 g/mol. The summed E-state index contributed by atoms with van der Waals surface area (Å²) in [5.41, 5.74) is 2.54. The molecule has 0 bridgehead atoms. The average molecular weight is 319 g/mol. The summed E-state index contributed by atoms with van der Waals surface area (Å²) in [5.74, 6) is 4.56. The van der Waals surface area contributed by atoms with Crippen molar-refractivity contribution < 1.29 is 4.79 Å². The number of rotatable bonds is 2. The summed E-state index contributed by atoms with van der Waals surface area (Å²) in [6, 6.07) is 0. The molecule has 0 aromatic rings. The Hall–Kier alpha value is -0.240. The van der Waals surface area contributed by atoms with Gasteiger partial charge < -0.3 is 0 Å². The van der Waals surface area contributed by atoms with Crippen LogP contribution in [0.15, 0.2) is 11.6 Å². The van der Waals surface area contributed by atoms with E-state index in [4.69, 9.17) is 0 Å². The first-order valence-electron chi connectivity index (χ1n) is 9.32. The van der Waals surface area contributed by atoms with Crippen LogP contribution in [0.5, 0.6) is 0 Å². The molecular formula is C20H30OS. The summed E-state index contributed by atoms with van der Waals surface area (Å²) in [4.78, 5) is 11.9. The number of allylic oxidation sites excluding steroid dienone is 1. The molecule has 4 rings (SSSR count). The number of carbonyl (C=O) groups excluding carboxylic acids is 1. The van der Waals surface area contributed by atoms with Crippen LogP contribution in [-0.4, -0.2) is 17.8 Å². The minimum Gasteiger partial charge on any atom is -0.295 e. The van der Waals surface area contributed by atoms with Gasteiger partial charge in [-0.3, -0.25) is 4.79 Å². The first kappa shape index (κ1) is 15.3. The molecule has 0 unspecified atom stereocenters. The number of hydrogen-bond acceptors (Lipinski definition) is 2. The second kappa shape index (κ2) is 5.40. The summed E-state index contributed by atoms with van der Waals surface area (Å²) in [6.07, 6.45) is 16.1. The van der Waals surface area contributed by atoms with Gasteiger partial charge in [0.2, 0.25) is 0 Å². The molecule has 0 N–H and O–H groups in total. The third kappa shape index (κ3) is 2.08. The Bertz CT molecular complexity index is 510. The van der Waals surface area contributed by atoms with Crippen molar-refractivity contribution in [2.24, 2.45) is 28.6 Å². The van der Waals surface area contributed by atoms with Crippen molar-refractivity contribution in [1.29, 1.82) is 0 Å². The van der Waals surface area contributed by atoms with Gasteiger partial charge >= 0.3 is 0 Å². The summed E-state index contributed by atoms with van der Waals surface area (Å²) in [7, 11) is 0. The van der Waals surface area contributed by atoms with Gasteiger partial charge in [0, 0.05) is 6.42 Å². The highest BCUT2D eigenvalue weighted by molar-refractivity contribution is 7.98. The van der Waals surface area contributed by atoms with Crippen molar-refractivity contribution in [3.63, 3.8) is 0 Å². The molecule has 0 saturated heterocycles. The Balaban J connectivity index is 1.66. The van der Waals surface area contributed by atoms with E-state index in [1.165, 1.54) is 56.3 Å². The first-order chi connectivity index (χ1) is 10.6. The minimum absolute atomic E-state index is 0.352. The molecule has 0 aliphatic heterocycles. The zero-order chi connectivity index (χ0) is 15.4. The maximum Gasteiger partial charge on any atom is 0.155 e. The Kier molecular flexibility index (Phi) is 3.75. The van der Waals surface area contributed by atoms with E-state index >= 15 is 0 Å². The van der Waals surface area contributed by atoms with Gasteiger partial charge in [-0.25, -0.2) is 0 Å². The molecule has 0 aromatic carbocycles. The van der Waals surface area contributed by atoms with Gasteiger partial charge in [0.05, 0.1) is 0 Å². The van der Waals surface area contributed by atoms with E-state index < -0.39 is 0 Å². The van der Waals surface area contributed by atoms with E-state index in [9.17, 15) is 4.79 Å². The molecule has 0 radical (unpaired) electrons. The van der Waals surface area contributed by atoms with Crippen LogP contribution in [0.2, 0.25) is 0 Å². The fraction of sp³-hybridized carbons (Fsp3) is 0.850. The average Bonchev–Trinajstić information content (AvgIpc) is 2.92. The smallest absolute Gasteiger partial charge is 0.155 e. The van der Waals surface area contributed by atoms with Crippen LogP contribution in [0.1, 0.15) is 64.7 Å². The van der Waals surface area contributed by atoms with Crippen LogP contribution in [0, 0.1) is 28.6 Å². The number of thioether (sulfide) groups is 1. The van der Waals surface area contributed by atoms with Gasteiger partial charge in [0.15, 0.2) is 5.78 Å². The fourth-order valence-electron chi connectivity index (χ4n) is 6.89. The van der Waals surface area contributed by atoms with Crippen LogP contribution in [-0.2, 0) is 4.79 Å². The number of ketones is 1. The van der Waals surface area contributed by atoms with Crippen molar-refractivity contribution in [2.75, 3.05) is 12.0 Å². The largest absolute Gasteiger partial charge is 0.295 e. The van der Waals surface area contributed by atoms with E-state index in [0.29, 0.717) is 16.6 Å². The van der Waals surface area contributed by atoms with Crippen LogP contribution in [0.4, 0.5) is 0 Å². The highest BCUT2D eigenvalue weighted by Gasteiger charge is 2.57. The van der Waals surface area contributed by atoms with Crippen LogP contribution < -0.4 is 0 Å². The Morgan fingerprint density at radius 1 is 1.14 bits per heavy atom. The van der Waals surface area contributed by atoms with Gasteiger partial charge in [-0.1, -0.05) is 18.9 Å². The Morgan fingerprint density at radius 3 is 2.82 bits per heavy atom. The highest BCUT2D eigenvalue weighted by Crippen LogP contribution is 2.65. The van der Waals surface area contributed by atoms with E-state index in [1.54, 1.807) is 0 Å². The third-order valence-electron chi connectivity index (χ3n) is 7.92. The molecule has 3 fully saturated rings. The molecule has 122 valence electrons. The normalized spacial score (nSPS) is 47.5. The monoisotopic (exact) mass is 318 g/mol. The van der Waals surface area contributed by atoms with Gasteiger partial charge in [-0.15, -0.1) is 0 Å². The molecule has 22 heavy (non-hydrogen) atoms. The molecule has 4 aliphatic carbocycles. The van der Waals surface area contributed by atoms with E-state index in [-0.39, 0.29) is 0 Å². The molecule has 5 atom stereocenters. The molecule has 0 heterocycles. The molecule has 1 nitrogen and oxygen atoms in total. The van der Waals surface area contributed by atoms with E-state index in [2.05, 4.69) is 24.9 Å². The molecule has 4 aliphatic rings. The van der Waals surface area contributed by atoms with Crippen molar-refractivity contribution in [1.82, 2.24) is 0 Å². The second-order valence-electron chi connectivity index (χ2n) is 8.70. The predicted octanol–water partition coefficient (Wildman–Crippen LogP) is 5.25. The minimum atomic E-state index is 0.352. The number of fused-ring (bicyclic) bond motifs is 5. The fourth-order valence-corrected chi connectivity index (χ4v) is 7.97. The van der Waals surface area contributed by atoms with Crippen molar-refractivity contribution in [3.05, 3.63) is 11.6 Å². The number of carbonyl (C=O) groups is 1. The predicted molar refractivity (Wildman–Crippen MR) is 94.0 cm³/mol. The molecule has 0 aromatic heterocycles. The lowest BCUT2D eigenvalue weighted by Crippen LogP contribution is -2.50. The van der Waals surface area contributed by atoms with Crippen LogP contribution >= 0.6 is 11.8 Å². The zero-order valence-corrected chi connectivity index (χ0v) is 15.0. The van der Waals surface area contributed by atoms with Gasteiger partial charge in [0.25, 0.3) is 0 Å². The van der Waals surface area contributed by atoms with Gasteiger partial charge in [0.1, 0.15) is 0 Å². The van der Waals surface area contributed by atoms with Crippen molar-refractivity contribution in [2.45, 2.75) is 64.7 Å². The SMILES string of the molecule is CSC[C@@]12CCC[C@H]1[C@@H]1CCC3=CC(=O)CC[C@]3(C)[C@H]1CC2. The lowest BCUT2D eigenvalue weighted by atomic mass is 9.47.